The zero-order chi connectivity index (χ0) is 12.3. The van der Waals surface area contributed by atoms with Gasteiger partial charge in [0.15, 0.2) is 5.69 Å². The summed E-state index contributed by atoms with van der Waals surface area (Å²) in [5, 5.41) is 3.15. The summed E-state index contributed by atoms with van der Waals surface area (Å²) in [6, 6.07) is 0. The smallest absolute Gasteiger partial charge is 0.314 e. The maximum atomic E-state index is 12.7. The zero-order valence-electron chi connectivity index (χ0n) is 9.17. The average molecular weight is 246 g/mol. The molecule has 0 amide bonds. The van der Waals surface area contributed by atoms with Gasteiger partial charge in [-0.3, -0.25) is 4.90 Å². The molecule has 17 heavy (non-hydrogen) atoms. The van der Waals surface area contributed by atoms with Gasteiger partial charge < -0.3 is 5.32 Å². The van der Waals surface area contributed by atoms with Crippen molar-refractivity contribution in [2.75, 3.05) is 26.2 Å². The minimum absolute atomic E-state index is 0.141. The molecule has 0 atom stereocenters. The van der Waals surface area contributed by atoms with E-state index in [9.17, 15) is 13.2 Å². The topological polar surface area (TPSA) is 41.1 Å². The molecular formula is C10H13F3N4. The van der Waals surface area contributed by atoms with Crippen molar-refractivity contribution in [2.24, 2.45) is 0 Å². The third kappa shape index (κ3) is 3.13. The van der Waals surface area contributed by atoms with Crippen LogP contribution in [0.15, 0.2) is 12.5 Å². The molecule has 0 spiro atoms. The molecule has 2 rings (SSSR count). The third-order valence-corrected chi connectivity index (χ3v) is 2.66. The number of nitrogens with one attached hydrogen (secondary N) is 1. The minimum atomic E-state index is -4.41. The second-order valence-electron chi connectivity index (χ2n) is 3.92. The number of alkyl halides is 3. The van der Waals surface area contributed by atoms with Gasteiger partial charge in [-0.05, 0) is 0 Å². The number of nitrogens with zero attached hydrogens (tertiary/aromatic N) is 3. The molecule has 1 fully saturated rings. The minimum Gasteiger partial charge on any atom is -0.314 e. The number of halogens is 3. The van der Waals surface area contributed by atoms with Gasteiger partial charge in [-0.2, -0.15) is 13.2 Å². The summed E-state index contributed by atoms with van der Waals surface area (Å²) in [5.74, 6) is 0. The fourth-order valence-electron chi connectivity index (χ4n) is 1.84. The van der Waals surface area contributed by atoms with Crippen LogP contribution in [0.5, 0.6) is 0 Å². The summed E-state index contributed by atoms with van der Waals surface area (Å²) in [7, 11) is 0. The standard InChI is InChI=1S/C10H13F3N4/c11-10(12,13)9-8(5-15-7-16-9)6-17-3-1-14-2-4-17/h5,7,14H,1-4,6H2. The molecule has 1 N–H and O–H groups in total. The summed E-state index contributed by atoms with van der Waals surface area (Å²) >= 11 is 0. The molecular weight excluding hydrogens is 233 g/mol. The van der Waals surface area contributed by atoms with Gasteiger partial charge in [0.25, 0.3) is 0 Å². The highest BCUT2D eigenvalue weighted by molar-refractivity contribution is 5.18. The quantitative estimate of drug-likeness (QED) is 0.841. The van der Waals surface area contributed by atoms with Crippen LogP contribution in [0.1, 0.15) is 11.3 Å². The van der Waals surface area contributed by atoms with Crippen molar-refractivity contribution in [3.8, 4) is 0 Å². The lowest BCUT2D eigenvalue weighted by molar-refractivity contribution is -0.142. The monoisotopic (exact) mass is 246 g/mol. The highest BCUT2D eigenvalue weighted by Gasteiger charge is 2.35. The van der Waals surface area contributed by atoms with Crippen LogP contribution in [-0.4, -0.2) is 41.0 Å². The molecule has 0 unspecified atom stereocenters. The molecule has 7 heteroatoms. The number of hydrogen-bond acceptors (Lipinski definition) is 4. The second-order valence-corrected chi connectivity index (χ2v) is 3.92. The van der Waals surface area contributed by atoms with Gasteiger partial charge >= 0.3 is 6.18 Å². The van der Waals surface area contributed by atoms with E-state index >= 15 is 0 Å². The first-order valence-electron chi connectivity index (χ1n) is 5.36. The highest BCUT2D eigenvalue weighted by atomic mass is 19.4. The van der Waals surface area contributed by atoms with Crippen molar-refractivity contribution >= 4 is 0 Å². The van der Waals surface area contributed by atoms with Gasteiger partial charge in [0.1, 0.15) is 6.33 Å². The predicted molar refractivity (Wildman–Crippen MR) is 55.2 cm³/mol. The summed E-state index contributed by atoms with van der Waals surface area (Å²) in [6.07, 6.45) is -2.23. The van der Waals surface area contributed by atoms with E-state index in [-0.39, 0.29) is 12.1 Å². The maximum absolute atomic E-state index is 12.7. The highest BCUT2D eigenvalue weighted by Crippen LogP contribution is 2.30. The van der Waals surface area contributed by atoms with Gasteiger partial charge in [0.2, 0.25) is 0 Å². The number of aromatic nitrogens is 2. The first-order valence-corrected chi connectivity index (χ1v) is 5.36. The summed E-state index contributed by atoms with van der Waals surface area (Å²) in [5.41, 5.74) is -0.687. The molecule has 1 aromatic heterocycles. The van der Waals surface area contributed by atoms with Crippen molar-refractivity contribution in [1.82, 2.24) is 20.2 Å². The Kier molecular flexibility index (Phi) is 3.58. The average Bonchev–Trinajstić information content (AvgIpc) is 2.30. The van der Waals surface area contributed by atoms with Crippen LogP contribution in [0.25, 0.3) is 0 Å². The maximum Gasteiger partial charge on any atom is 0.433 e. The molecule has 0 bridgehead atoms. The van der Waals surface area contributed by atoms with E-state index in [0.29, 0.717) is 0 Å². The number of piperazine rings is 1. The van der Waals surface area contributed by atoms with E-state index in [1.165, 1.54) is 6.20 Å². The van der Waals surface area contributed by atoms with Gasteiger partial charge in [-0.15, -0.1) is 0 Å². The fraction of sp³-hybridized carbons (Fsp3) is 0.600. The third-order valence-electron chi connectivity index (χ3n) is 2.66. The van der Waals surface area contributed by atoms with Crippen molar-refractivity contribution < 1.29 is 13.2 Å². The summed E-state index contributed by atoms with van der Waals surface area (Å²) < 4.78 is 38.0. The fourth-order valence-corrected chi connectivity index (χ4v) is 1.84. The Labute approximate surface area is 96.9 Å². The van der Waals surface area contributed by atoms with Gasteiger partial charge in [0, 0.05) is 44.5 Å². The van der Waals surface area contributed by atoms with Crippen LogP contribution in [0.3, 0.4) is 0 Å². The normalized spacial score (nSPS) is 18.3. The van der Waals surface area contributed by atoms with Crippen LogP contribution < -0.4 is 5.32 Å². The Morgan fingerprint density at radius 1 is 1.29 bits per heavy atom. The van der Waals surface area contributed by atoms with Gasteiger partial charge in [-0.1, -0.05) is 0 Å². The van der Waals surface area contributed by atoms with Gasteiger partial charge in [-0.25, -0.2) is 9.97 Å². The SMILES string of the molecule is FC(F)(F)c1ncncc1CN1CCNCC1. The molecule has 4 nitrogen and oxygen atoms in total. The summed E-state index contributed by atoms with van der Waals surface area (Å²) in [4.78, 5) is 8.97. The van der Waals surface area contributed by atoms with Crippen molar-refractivity contribution in [3.63, 3.8) is 0 Å². The Morgan fingerprint density at radius 3 is 2.65 bits per heavy atom. The van der Waals surface area contributed by atoms with Crippen LogP contribution in [-0.2, 0) is 12.7 Å². The first-order chi connectivity index (χ1) is 8.07. The van der Waals surface area contributed by atoms with Crippen molar-refractivity contribution in [3.05, 3.63) is 23.8 Å². The molecule has 0 aromatic carbocycles. The first kappa shape index (κ1) is 12.3. The van der Waals surface area contributed by atoms with Crippen molar-refractivity contribution in [2.45, 2.75) is 12.7 Å². The second kappa shape index (κ2) is 4.97. The molecule has 1 saturated heterocycles. The lowest BCUT2D eigenvalue weighted by Gasteiger charge is -2.27. The molecule has 1 aromatic rings. The van der Waals surface area contributed by atoms with Crippen LogP contribution in [0.4, 0.5) is 13.2 Å². The van der Waals surface area contributed by atoms with E-state index in [1.54, 1.807) is 0 Å². The molecule has 94 valence electrons. The van der Waals surface area contributed by atoms with Crippen LogP contribution >= 0.6 is 0 Å². The lowest BCUT2D eigenvalue weighted by Crippen LogP contribution is -2.43. The van der Waals surface area contributed by atoms with E-state index in [1.807, 2.05) is 4.90 Å². The van der Waals surface area contributed by atoms with E-state index in [4.69, 9.17) is 0 Å². The van der Waals surface area contributed by atoms with Gasteiger partial charge in [0.05, 0.1) is 0 Å². The van der Waals surface area contributed by atoms with Crippen LogP contribution in [0.2, 0.25) is 0 Å². The Bertz CT molecular complexity index is 374. The van der Waals surface area contributed by atoms with E-state index in [2.05, 4.69) is 15.3 Å². The van der Waals surface area contributed by atoms with E-state index in [0.717, 1.165) is 32.5 Å². The predicted octanol–water partition coefficient (Wildman–Crippen LogP) is 0.901. The molecule has 1 aliphatic heterocycles. The van der Waals surface area contributed by atoms with Crippen LogP contribution in [0, 0.1) is 0 Å². The lowest BCUT2D eigenvalue weighted by atomic mass is 10.2. The summed E-state index contributed by atoms with van der Waals surface area (Å²) in [6.45, 7) is 3.33. The van der Waals surface area contributed by atoms with E-state index < -0.39 is 11.9 Å². The molecule has 1 aliphatic rings. The Balaban J connectivity index is 2.14. The Morgan fingerprint density at radius 2 is 2.00 bits per heavy atom. The largest absolute Gasteiger partial charge is 0.433 e. The number of hydrogen-bond donors (Lipinski definition) is 1. The molecule has 0 aliphatic carbocycles. The van der Waals surface area contributed by atoms with Crippen molar-refractivity contribution in [1.29, 1.82) is 0 Å². The number of rotatable bonds is 2. The molecule has 0 radical (unpaired) electrons. The Hall–Kier alpha value is -1.21. The molecule has 2 heterocycles. The molecule has 0 saturated carbocycles. The zero-order valence-corrected chi connectivity index (χ0v) is 9.17.